The molecule has 0 spiro atoms. The van der Waals surface area contributed by atoms with Crippen molar-refractivity contribution in [1.29, 1.82) is 0 Å². The van der Waals surface area contributed by atoms with E-state index in [1.165, 1.54) is 0 Å². The molecular formula is C37H41N3O6. The Bertz CT molecular complexity index is 1860. The summed E-state index contributed by atoms with van der Waals surface area (Å²) in [7, 11) is 1.88. The van der Waals surface area contributed by atoms with Gasteiger partial charge in [-0.15, -0.1) is 0 Å². The Labute approximate surface area is 269 Å². The van der Waals surface area contributed by atoms with Gasteiger partial charge in [0, 0.05) is 47.4 Å². The van der Waals surface area contributed by atoms with E-state index in [1.807, 2.05) is 116 Å². The summed E-state index contributed by atoms with van der Waals surface area (Å²) < 4.78 is 25.2. The van der Waals surface area contributed by atoms with Crippen LogP contribution in [0.4, 0.5) is 4.79 Å². The molecule has 240 valence electrons. The highest BCUT2D eigenvalue weighted by Crippen LogP contribution is 2.40. The number of aryl methyl sites for hydroxylation is 1. The van der Waals surface area contributed by atoms with Crippen molar-refractivity contribution in [2.24, 2.45) is 7.05 Å². The maximum Gasteiger partial charge on any atom is 0.407 e. The molecule has 2 aromatic heterocycles. The molecule has 2 heterocycles. The number of fused-ring (bicyclic) bond motifs is 1. The second-order valence-electron chi connectivity index (χ2n) is 13.2. The van der Waals surface area contributed by atoms with Crippen molar-refractivity contribution >= 4 is 23.0 Å². The average Bonchev–Trinajstić information content (AvgIpc) is 3.62. The molecule has 3 aromatic carbocycles. The number of carbonyl (C=O) groups excluding carboxylic acids is 2. The molecule has 9 nitrogen and oxygen atoms in total. The Hall–Kier alpha value is -5.05. The van der Waals surface area contributed by atoms with Crippen molar-refractivity contribution in [3.05, 3.63) is 96.0 Å². The maximum atomic E-state index is 12.7. The lowest BCUT2D eigenvalue weighted by Gasteiger charge is -2.20. The van der Waals surface area contributed by atoms with Gasteiger partial charge < -0.3 is 23.9 Å². The molecule has 1 N–H and O–H groups in total. The van der Waals surface area contributed by atoms with Gasteiger partial charge in [0.25, 0.3) is 0 Å². The molecule has 0 aliphatic heterocycles. The van der Waals surface area contributed by atoms with E-state index in [-0.39, 0.29) is 19.0 Å². The van der Waals surface area contributed by atoms with Crippen molar-refractivity contribution in [2.75, 3.05) is 0 Å². The smallest absolute Gasteiger partial charge is 0.407 e. The molecule has 0 saturated carbocycles. The quantitative estimate of drug-likeness (QED) is 0.166. The molecule has 0 unspecified atom stereocenters. The second-order valence-corrected chi connectivity index (χ2v) is 13.2. The standard InChI is InChI=1S/C37H41N3O6/c1-36(2,3)45-32(41)19-26-12-8-9-14-31(26)44-23-27-18-30(34-29(15-16-43-34)33(27)28-21-39-40(7)22-28)25-13-10-11-24(17-25)20-38-35(42)46-37(4,5)6/h8-18,21-22H,19-20,23H2,1-7H3,(H,38,42). The normalized spacial score (nSPS) is 11.8. The Balaban J connectivity index is 1.49. The van der Waals surface area contributed by atoms with E-state index in [4.69, 9.17) is 18.6 Å². The Morgan fingerprint density at radius 2 is 1.65 bits per heavy atom. The molecule has 0 radical (unpaired) electrons. The average molecular weight is 624 g/mol. The van der Waals surface area contributed by atoms with Crippen molar-refractivity contribution < 1.29 is 28.2 Å². The third-order valence-electron chi connectivity index (χ3n) is 7.00. The van der Waals surface area contributed by atoms with Crippen molar-refractivity contribution in [2.45, 2.75) is 72.3 Å². The molecule has 9 heteroatoms. The van der Waals surface area contributed by atoms with E-state index in [2.05, 4.69) is 16.5 Å². The lowest BCUT2D eigenvalue weighted by molar-refractivity contribution is -0.153. The first kappa shape index (κ1) is 32.3. The van der Waals surface area contributed by atoms with Crippen LogP contribution in [-0.2, 0) is 40.9 Å². The van der Waals surface area contributed by atoms with Crippen LogP contribution in [0.2, 0.25) is 0 Å². The molecule has 0 atom stereocenters. The summed E-state index contributed by atoms with van der Waals surface area (Å²) in [6.07, 6.45) is 5.09. The van der Waals surface area contributed by atoms with E-state index >= 15 is 0 Å². The van der Waals surface area contributed by atoms with Crippen LogP contribution in [0, 0.1) is 0 Å². The van der Waals surface area contributed by atoms with Crippen LogP contribution < -0.4 is 10.1 Å². The first-order valence-corrected chi connectivity index (χ1v) is 15.3. The molecule has 5 aromatic rings. The van der Waals surface area contributed by atoms with Gasteiger partial charge in [0.1, 0.15) is 29.1 Å². The first-order chi connectivity index (χ1) is 21.8. The number of esters is 1. The number of nitrogens with one attached hydrogen (secondary N) is 1. The number of amides is 1. The zero-order valence-corrected chi connectivity index (χ0v) is 27.5. The van der Waals surface area contributed by atoms with Gasteiger partial charge in [-0.1, -0.05) is 36.4 Å². The van der Waals surface area contributed by atoms with Gasteiger partial charge in [0.2, 0.25) is 0 Å². The lowest BCUT2D eigenvalue weighted by atomic mass is 9.92. The predicted molar refractivity (Wildman–Crippen MR) is 177 cm³/mol. The van der Waals surface area contributed by atoms with Crippen molar-refractivity contribution in [3.63, 3.8) is 0 Å². The molecule has 0 aliphatic rings. The summed E-state index contributed by atoms with van der Waals surface area (Å²) in [5, 5.41) is 8.17. The first-order valence-electron chi connectivity index (χ1n) is 15.3. The van der Waals surface area contributed by atoms with Crippen LogP contribution in [-0.4, -0.2) is 33.0 Å². The highest BCUT2D eigenvalue weighted by Gasteiger charge is 2.21. The summed E-state index contributed by atoms with van der Waals surface area (Å²) >= 11 is 0. The number of furan rings is 1. The number of rotatable bonds is 9. The number of nitrogens with zero attached hydrogens (tertiary/aromatic N) is 2. The zero-order chi connectivity index (χ0) is 33.1. The van der Waals surface area contributed by atoms with Gasteiger partial charge in [-0.2, -0.15) is 5.10 Å². The van der Waals surface area contributed by atoms with E-state index in [1.54, 1.807) is 10.9 Å². The molecule has 46 heavy (non-hydrogen) atoms. The Kier molecular flexibility index (Phi) is 9.23. The third kappa shape index (κ3) is 8.15. The molecule has 0 bridgehead atoms. The Morgan fingerprint density at radius 3 is 2.37 bits per heavy atom. The zero-order valence-electron chi connectivity index (χ0n) is 27.5. The van der Waals surface area contributed by atoms with Gasteiger partial charge in [0.05, 0.1) is 18.9 Å². The summed E-state index contributed by atoms with van der Waals surface area (Å²) in [5.41, 5.74) is 5.82. The van der Waals surface area contributed by atoms with Gasteiger partial charge in [-0.25, -0.2) is 4.79 Å². The van der Waals surface area contributed by atoms with Crippen LogP contribution in [0.3, 0.4) is 0 Å². The molecule has 0 fully saturated rings. The minimum atomic E-state index is -0.582. The van der Waals surface area contributed by atoms with Gasteiger partial charge in [-0.3, -0.25) is 9.48 Å². The fourth-order valence-electron chi connectivity index (χ4n) is 5.24. The number of benzene rings is 3. The van der Waals surface area contributed by atoms with Crippen LogP contribution in [0.25, 0.3) is 33.2 Å². The summed E-state index contributed by atoms with van der Waals surface area (Å²) in [6.45, 7) is 11.6. The minimum absolute atomic E-state index is 0.0963. The number of ether oxygens (including phenoxy) is 3. The molecule has 0 aliphatic carbocycles. The number of para-hydroxylation sites is 1. The third-order valence-corrected chi connectivity index (χ3v) is 7.00. The second kappa shape index (κ2) is 13.1. The monoisotopic (exact) mass is 623 g/mol. The van der Waals surface area contributed by atoms with Gasteiger partial charge >= 0.3 is 12.1 Å². The van der Waals surface area contributed by atoms with E-state index in [9.17, 15) is 9.59 Å². The van der Waals surface area contributed by atoms with Crippen LogP contribution in [0.5, 0.6) is 5.75 Å². The van der Waals surface area contributed by atoms with Crippen molar-refractivity contribution in [3.8, 4) is 28.0 Å². The fraction of sp³-hybridized carbons (Fsp3) is 0.324. The maximum absolute atomic E-state index is 12.7. The molecule has 5 rings (SSSR count). The number of hydrogen-bond donors (Lipinski definition) is 1. The summed E-state index contributed by atoms with van der Waals surface area (Å²) in [5.74, 6) is 0.289. The SMILES string of the molecule is Cn1cc(-c2c(COc3ccccc3CC(=O)OC(C)(C)C)cc(-c3cccc(CNC(=O)OC(C)(C)C)c3)c3occc23)cn1. The van der Waals surface area contributed by atoms with Crippen LogP contribution in [0.15, 0.2) is 83.7 Å². The van der Waals surface area contributed by atoms with Crippen molar-refractivity contribution in [1.82, 2.24) is 15.1 Å². The van der Waals surface area contributed by atoms with Gasteiger partial charge in [-0.05, 0) is 82.5 Å². The van der Waals surface area contributed by atoms with E-state index in [0.29, 0.717) is 12.3 Å². The van der Waals surface area contributed by atoms with Crippen LogP contribution >= 0.6 is 0 Å². The summed E-state index contributed by atoms with van der Waals surface area (Å²) in [4.78, 5) is 24.9. The number of carbonyl (C=O) groups is 2. The minimum Gasteiger partial charge on any atom is -0.489 e. The van der Waals surface area contributed by atoms with Gasteiger partial charge in [0.15, 0.2) is 0 Å². The lowest BCUT2D eigenvalue weighted by Crippen LogP contribution is -2.32. The Morgan fingerprint density at radius 1 is 0.891 bits per heavy atom. The molecule has 0 saturated heterocycles. The fourth-order valence-corrected chi connectivity index (χ4v) is 5.24. The molecule has 1 amide bonds. The number of alkyl carbamates (subject to hydrolysis) is 1. The van der Waals surface area contributed by atoms with Crippen LogP contribution in [0.1, 0.15) is 58.2 Å². The topological polar surface area (TPSA) is 105 Å². The number of aromatic nitrogens is 2. The molecular weight excluding hydrogens is 582 g/mol. The predicted octanol–water partition coefficient (Wildman–Crippen LogP) is 7.99. The largest absolute Gasteiger partial charge is 0.489 e. The highest BCUT2D eigenvalue weighted by atomic mass is 16.6. The summed E-state index contributed by atoms with van der Waals surface area (Å²) in [6, 6.07) is 19.5. The van der Waals surface area contributed by atoms with E-state index in [0.717, 1.165) is 49.9 Å². The number of hydrogen-bond acceptors (Lipinski definition) is 7. The van der Waals surface area contributed by atoms with E-state index < -0.39 is 17.3 Å². The highest BCUT2D eigenvalue weighted by molar-refractivity contribution is 6.03.